The van der Waals surface area contributed by atoms with Crippen LogP contribution in [0.15, 0.2) is 53.5 Å². The van der Waals surface area contributed by atoms with Crippen LogP contribution in [0.1, 0.15) is 10.4 Å². The number of H-pyrrole nitrogens is 1. The van der Waals surface area contributed by atoms with Crippen molar-refractivity contribution in [2.45, 2.75) is 0 Å². The van der Waals surface area contributed by atoms with Crippen molar-refractivity contribution in [2.24, 2.45) is 0 Å². The monoisotopic (exact) mass is 328 g/mol. The maximum absolute atomic E-state index is 12.4. The first kappa shape index (κ1) is 15.1. The zero-order valence-corrected chi connectivity index (χ0v) is 13.0. The summed E-state index contributed by atoms with van der Waals surface area (Å²) in [6.45, 7) is 0. The summed E-state index contributed by atoms with van der Waals surface area (Å²) >= 11 is 5.90. The maximum Gasteiger partial charge on any atom is 0.261 e. The number of ether oxygens (including phenoxy) is 1. The molecular weight excluding hydrogens is 316 g/mol. The summed E-state index contributed by atoms with van der Waals surface area (Å²) in [6.07, 6.45) is 1.39. The first-order valence-electron chi connectivity index (χ1n) is 6.85. The molecule has 1 heterocycles. The molecule has 0 fully saturated rings. The van der Waals surface area contributed by atoms with Crippen LogP contribution in [0.2, 0.25) is 5.02 Å². The van der Waals surface area contributed by atoms with E-state index in [1.54, 1.807) is 49.6 Å². The Balaban J connectivity index is 1.96. The van der Waals surface area contributed by atoms with Crippen molar-refractivity contribution in [2.75, 3.05) is 12.4 Å². The molecule has 0 aliphatic heterocycles. The molecule has 2 N–H and O–H groups in total. The van der Waals surface area contributed by atoms with Gasteiger partial charge in [-0.15, -0.1) is 0 Å². The third kappa shape index (κ3) is 3.05. The average molecular weight is 329 g/mol. The zero-order valence-electron chi connectivity index (χ0n) is 12.2. The molecule has 1 amide bonds. The molecular formula is C17H13ClN2O3. The second-order valence-corrected chi connectivity index (χ2v) is 5.34. The average Bonchev–Trinajstić information content (AvgIpc) is 2.55. The van der Waals surface area contributed by atoms with Crippen molar-refractivity contribution < 1.29 is 9.53 Å². The zero-order chi connectivity index (χ0) is 16.4. The van der Waals surface area contributed by atoms with Crippen LogP contribution >= 0.6 is 11.6 Å². The minimum absolute atomic E-state index is 0.0302. The van der Waals surface area contributed by atoms with E-state index in [-0.39, 0.29) is 11.0 Å². The van der Waals surface area contributed by atoms with Crippen molar-refractivity contribution in [3.8, 4) is 5.75 Å². The molecule has 6 heteroatoms. The van der Waals surface area contributed by atoms with E-state index in [0.29, 0.717) is 27.4 Å². The Kier molecular flexibility index (Phi) is 4.04. The van der Waals surface area contributed by atoms with Gasteiger partial charge >= 0.3 is 0 Å². The highest BCUT2D eigenvalue weighted by molar-refractivity contribution is 6.31. The summed E-state index contributed by atoms with van der Waals surface area (Å²) in [5, 5.41) is 3.61. The van der Waals surface area contributed by atoms with E-state index in [2.05, 4.69) is 10.3 Å². The fraction of sp³-hybridized carbons (Fsp3) is 0.0588. The number of amides is 1. The van der Waals surface area contributed by atoms with Crippen LogP contribution in [0, 0.1) is 0 Å². The predicted molar refractivity (Wildman–Crippen MR) is 90.5 cm³/mol. The highest BCUT2D eigenvalue weighted by Crippen LogP contribution is 2.18. The molecule has 116 valence electrons. The Morgan fingerprint density at radius 1 is 1.22 bits per heavy atom. The number of methoxy groups -OCH3 is 1. The van der Waals surface area contributed by atoms with E-state index in [4.69, 9.17) is 16.3 Å². The molecule has 2 aromatic carbocycles. The number of rotatable bonds is 3. The molecule has 0 saturated heterocycles. The SMILES string of the molecule is COc1cccc(NC(=O)c2c[nH]c3cc(Cl)ccc3c2=O)c1. The van der Waals surface area contributed by atoms with Gasteiger partial charge in [0.25, 0.3) is 5.91 Å². The number of halogens is 1. The third-order valence-corrected chi connectivity index (χ3v) is 3.65. The van der Waals surface area contributed by atoms with Gasteiger partial charge in [-0.2, -0.15) is 0 Å². The number of aromatic nitrogens is 1. The Bertz CT molecular complexity index is 950. The van der Waals surface area contributed by atoms with Gasteiger partial charge in [0, 0.05) is 28.4 Å². The molecule has 3 rings (SSSR count). The summed E-state index contributed by atoms with van der Waals surface area (Å²) in [6, 6.07) is 11.8. The van der Waals surface area contributed by atoms with Gasteiger partial charge in [-0.1, -0.05) is 17.7 Å². The van der Waals surface area contributed by atoms with Gasteiger partial charge in [0.05, 0.1) is 12.6 Å². The highest BCUT2D eigenvalue weighted by atomic mass is 35.5. The third-order valence-electron chi connectivity index (χ3n) is 3.42. The van der Waals surface area contributed by atoms with Crippen molar-refractivity contribution in [1.82, 2.24) is 4.98 Å². The van der Waals surface area contributed by atoms with Crippen LogP contribution in [0.25, 0.3) is 10.9 Å². The van der Waals surface area contributed by atoms with Crippen LogP contribution in [-0.4, -0.2) is 18.0 Å². The summed E-state index contributed by atoms with van der Waals surface area (Å²) in [5.41, 5.74) is 0.809. The quantitative estimate of drug-likeness (QED) is 0.773. The van der Waals surface area contributed by atoms with E-state index in [9.17, 15) is 9.59 Å². The molecule has 3 aromatic rings. The lowest BCUT2D eigenvalue weighted by molar-refractivity contribution is 0.102. The molecule has 0 radical (unpaired) electrons. The molecule has 0 bridgehead atoms. The van der Waals surface area contributed by atoms with Crippen LogP contribution in [0.3, 0.4) is 0 Å². The van der Waals surface area contributed by atoms with Crippen molar-refractivity contribution >= 4 is 34.1 Å². The number of carbonyl (C=O) groups excluding carboxylic acids is 1. The smallest absolute Gasteiger partial charge is 0.261 e. The van der Waals surface area contributed by atoms with Gasteiger partial charge in [-0.25, -0.2) is 0 Å². The van der Waals surface area contributed by atoms with E-state index in [0.717, 1.165) is 0 Å². The first-order valence-corrected chi connectivity index (χ1v) is 7.22. The van der Waals surface area contributed by atoms with Gasteiger partial charge in [0.2, 0.25) is 5.43 Å². The lowest BCUT2D eigenvalue weighted by Crippen LogP contribution is -2.21. The number of aromatic amines is 1. The van der Waals surface area contributed by atoms with Crippen LogP contribution in [0.5, 0.6) is 5.75 Å². The van der Waals surface area contributed by atoms with E-state index < -0.39 is 5.91 Å². The van der Waals surface area contributed by atoms with Gasteiger partial charge in [0.15, 0.2) is 0 Å². The van der Waals surface area contributed by atoms with E-state index in [1.165, 1.54) is 6.20 Å². The molecule has 0 unspecified atom stereocenters. The largest absolute Gasteiger partial charge is 0.497 e. The number of hydrogen-bond acceptors (Lipinski definition) is 3. The van der Waals surface area contributed by atoms with Gasteiger partial charge in [-0.3, -0.25) is 9.59 Å². The second-order valence-electron chi connectivity index (χ2n) is 4.91. The Labute approximate surface area is 136 Å². The standard InChI is InChI=1S/C17H13ClN2O3/c1-23-12-4-2-3-11(8-12)20-17(22)14-9-19-15-7-10(18)5-6-13(15)16(14)21/h2-9H,1H3,(H,19,21)(H,20,22). The summed E-state index contributed by atoms with van der Waals surface area (Å²) in [7, 11) is 1.54. The Morgan fingerprint density at radius 3 is 2.83 bits per heavy atom. The minimum atomic E-state index is -0.489. The predicted octanol–water partition coefficient (Wildman–Crippen LogP) is 3.44. The molecule has 0 aliphatic carbocycles. The molecule has 5 nitrogen and oxygen atoms in total. The Morgan fingerprint density at radius 2 is 2.04 bits per heavy atom. The number of nitrogens with one attached hydrogen (secondary N) is 2. The summed E-state index contributed by atoms with van der Waals surface area (Å²) < 4.78 is 5.10. The molecule has 1 aromatic heterocycles. The second kappa shape index (κ2) is 6.14. The number of fused-ring (bicyclic) bond motifs is 1. The fourth-order valence-electron chi connectivity index (χ4n) is 2.26. The van der Waals surface area contributed by atoms with Crippen LogP contribution in [-0.2, 0) is 0 Å². The lowest BCUT2D eigenvalue weighted by Gasteiger charge is -2.07. The Hall–Kier alpha value is -2.79. The number of hydrogen-bond donors (Lipinski definition) is 2. The molecule has 0 spiro atoms. The highest BCUT2D eigenvalue weighted by Gasteiger charge is 2.13. The van der Waals surface area contributed by atoms with Crippen molar-refractivity contribution in [3.63, 3.8) is 0 Å². The molecule has 0 aliphatic rings. The normalized spacial score (nSPS) is 10.5. The van der Waals surface area contributed by atoms with Crippen molar-refractivity contribution in [1.29, 1.82) is 0 Å². The lowest BCUT2D eigenvalue weighted by atomic mass is 10.1. The van der Waals surface area contributed by atoms with Crippen LogP contribution < -0.4 is 15.5 Å². The fourth-order valence-corrected chi connectivity index (χ4v) is 2.43. The number of pyridine rings is 1. The number of benzene rings is 2. The van der Waals surface area contributed by atoms with E-state index >= 15 is 0 Å². The summed E-state index contributed by atoms with van der Waals surface area (Å²) in [4.78, 5) is 27.7. The number of carbonyl (C=O) groups is 1. The van der Waals surface area contributed by atoms with Gasteiger partial charge in [0.1, 0.15) is 11.3 Å². The topological polar surface area (TPSA) is 71.2 Å². The summed E-state index contributed by atoms with van der Waals surface area (Å²) in [5.74, 6) is 0.126. The van der Waals surface area contributed by atoms with Crippen LogP contribution in [0.4, 0.5) is 5.69 Å². The molecule has 23 heavy (non-hydrogen) atoms. The van der Waals surface area contributed by atoms with Crippen molar-refractivity contribution in [3.05, 3.63) is 69.5 Å². The molecule has 0 saturated carbocycles. The first-order chi connectivity index (χ1) is 11.1. The minimum Gasteiger partial charge on any atom is -0.497 e. The van der Waals surface area contributed by atoms with Gasteiger partial charge < -0.3 is 15.0 Å². The van der Waals surface area contributed by atoms with Gasteiger partial charge in [-0.05, 0) is 30.3 Å². The maximum atomic E-state index is 12.4. The number of anilines is 1. The molecule has 0 atom stereocenters. The van der Waals surface area contributed by atoms with E-state index in [1.807, 2.05) is 0 Å².